The minimum absolute atomic E-state index is 0.0463. The van der Waals surface area contributed by atoms with Crippen molar-refractivity contribution < 1.29 is 14.3 Å². The minimum Gasteiger partial charge on any atom is -0.478 e. The molecule has 0 bridgehead atoms. The third-order valence-corrected chi connectivity index (χ3v) is 2.64. The van der Waals surface area contributed by atoms with E-state index in [0.29, 0.717) is 16.8 Å². The molecule has 0 aliphatic rings. The molecule has 0 aliphatic heterocycles. The molecule has 0 fully saturated rings. The van der Waals surface area contributed by atoms with E-state index < -0.39 is 11.8 Å². The van der Waals surface area contributed by atoms with E-state index in [1.54, 1.807) is 25.1 Å². The summed E-state index contributed by atoms with van der Waals surface area (Å²) >= 11 is 0. The zero-order valence-electron chi connectivity index (χ0n) is 9.77. The third-order valence-electron chi connectivity index (χ3n) is 2.64. The van der Waals surface area contributed by atoms with Gasteiger partial charge < -0.3 is 10.8 Å². The third kappa shape index (κ3) is 2.32. The van der Waals surface area contributed by atoms with E-state index in [-0.39, 0.29) is 5.56 Å². The van der Waals surface area contributed by atoms with Crippen molar-refractivity contribution in [2.75, 3.05) is 5.73 Å². The average Bonchev–Trinajstić information content (AvgIpc) is 2.27. The molecule has 92 valence electrons. The van der Waals surface area contributed by atoms with Crippen LogP contribution in [0.2, 0.25) is 0 Å². The molecule has 0 radical (unpaired) electrons. The Morgan fingerprint density at radius 2 is 1.94 bits per heavy atom. The Hall–Kier alpha value is -2.36. The summed E-state index contributed by atoms with van der Waals surface area (Å²) in [5.74, 6) is -1.48. The highest BCUT2D eigenvalue weighted by atomic mass is 19.1. The Bertz CT molecular complexity index is 623. The second-order valence-corrected chi connectivity index (χ2v) is 4.13. The van der Waals surface area contributed by atoms with Gasteiger partial charge in [-0.15, -0.1) is 0 Å². The van der Waals surface area contributed by atoms with Crippen molar-refractivity contribution in [2.24, 2.45) is 0 Å². The second kappa shape index (κ2) is 4.49. The summed E-state index contributed by atoms with van der Waals surface area (Å²) < 4.78 is 13.8. The molecule has 0 saturated heterocycles. The number of hydrogen-bond acceptors (Lipinski definition) is 2. The van der Waals surface area contributed by atoms with Gasteiger partial charge in [-0.25, -0.2) is 9.18 Å². The normalized spacial score (nSPS) is 10.3. The molecule has 2 aromatic rings. The number of aryl methyl sites for hydroxylation is 1. The summed E-state index contributed by atoms with van der Waals surface area (Å²) in [7, 11) is 0. The zero-order chi connectivity index (χ0) is 13.3. The Kier molecular flexibility index (Phi) is 3.02. The summed E-state index contributed by atoms with van der Waals surface area (Å²) in [6, 6.07) is 9.09. The zero-order valence-corrected chi connectivity index (χ0v) is 9.77. The molecule has 3 N–H and O–H groups in total. The fourth-order valence-corrected chi connectivity index (χ4v) is 1.78. The van der Waals surface area contributed by atoms with Gasteiger partial charge in [0, 0.05) is 11.3 Å². The summed E-state index contributed by atoms with van der Waals surface area (Å²) in [4.78, 5) is 10.9. The molecule has 3 nitrogen and oxygen atoms in total. The molecule has 4 heteroatoms. The molecule has 0 unspecified atom stereocenters. The summed E-state index contributed by atoms with van der Waals surface area (Å²) in [6.07, 6.45) is 0. The standard InChI is InChI=1S/C14H12FNO2/c1-8-2-3-12(13(15)4-8)9-5-10(14(17)18)7-11(16)6-9/h2-7H,16H2,1H3,(H,17,18). The van der Waals surface area contributed by atoms with Gasteiger partial charge in [-0.2, -0.15) is 0 Å². The molecule has 18 heavy (non-hydrogen) atoms. The van der Waals surface area contributed by atoms with Crippen molar-refractivity contribution in [1.82, 2.24) is 0 Å². The maximum Gasteiger partial charge on any atom is 0.335 e. The molecule has 2 aromatic carbocycles. The van der Waals surface area contributed by atoms with E-state index in [2.05, 4.69) is 0 Å². The number of benzene rings is 2. The lowest BCUT2D eigenvalue weighted by Crippen LogP contribution is -1.99. The highest BCUT2D eigenvalue weighted by molar-refractivity contribution is 5.91. The molecule has 0 aromatic heterocycles. The first-order valence-corrected chi connectivity index (χ1v) is 5.38. The van der Waals surface area contributed by atoms with E-state index >= 15 is 0 Å². The van der Waals surface area contributed by atoms with Crippen molar-refractivity contribution in [1.29, 1.82) is 0 Å². The topological polar surface area (TPSA) is 63.3 Å². The number of halogens is 1. The van der Waals surface area contributed by atoms with Crippen molar-refractivity contribution in [3.05, 3.63) is 53.3 Å². The van der Waals surface area contributed by atoms with E-state index in [1.807, 2.05) is 0 Å². The maximum absolute atomic E-state index is 13.8. The van der Waals surface area contributed by atoms with Crippen molar-refractivity contribution in [3.63, 3.8) is 0 Å². The van der Waals surface area contributed by atoms with Crippen LogP contribution in [0.1, 0.15) is 15.9 Å². The molecular formula is C14H12FNO2. The molecule has 0 heterocycles. The molecule has 0 aliphatic carbocycles. The van der Waals surface area contributed by atoms with Crippen molar-refractivity contribution in [2.45, 2.75) is 6.92 Å². The molecule has 2 rings (SSSR count). The van der Waals surface area contributed by atoms with Crippen molar-refractivity contribution >= 4 is 11.7 Å². The fourth-order valence-electron chi connectivity index (χ4n) is 1.78. The number of carboxylic acids is 1. The van der Waals surface area contributed by atoms with Gasteiger partial charge in [-0.1, -0.05) is 12.1 Å². The van der Waals surface area contributed by atoms with Gasteiger partial charge in [0.1, 0.15) is 5.82 Å². The lowest BCUT2D eigenvalue weighted by molar-refractivity contribution is 0.0697. The van der Waals surface area contributed by atoms with Crippen molar-refractivity contribution in [3.8, 4) is 11.1 Å². The van der Waals surface area contributed by atoms with Crippen LogP contribution in [-0.4, -0.2) is 11.1 Å². The first-order chi connectivity index (χ1) is 8.47. The van der Waals surface area contributed by atoms with Crippen LogP contribution < -0.4 is 5.73 Å². The number of anilines is 1. The number of carbonyl (C=O) groups is 1. The van der Waals surface area contributed by atoms with Gasteiger partial charge in [-0.05, 0) is 42.3 Å². The van der Waals surface area contributed by atoms with E-state index in [0.717, 1.165) is 5.56 Å². The van der Waals surface area contributed by atoms with Crippen LogP contribution in [0.4, 0.5) is 10.1 Å². The SMILES string of the molecule is Cc1ccc(-c2cc(N)cc(C(=O)O)c2)c(F)c1. The van der Waals surface area contributed by atoms with Crippen LogP contribution in [0.15, 0.2) is 36.4 Å². The number of nitrogen functional groups attached to an aromatic ring is 1. The maximum atomic E-state index is 13.8. The summed E-state index contributed by atoms with van der Waals surface area (Å²) in [6.45, 7) is 1.79. The van der Waals surface area contributed by atoms with Crippen LogP contribution in [0.25, 0.3) is 11.1 Å². The molecule has 0 spiro atoms. The van der Waals surface area contributed by atoms with Crippen LogP contribution in [0.3, 0.4) is 0 Å². The van der Waals surface area contributed by atoms with E-state index in [1.165, 1.54) is 18.2 Å². The van der Waals surface area contributed by atoms with Crippen LogP contribution in [-0.2, 0) is 0 Å². The monoisotopic (exact) mass is 245 g/mol. The predicted octanol–water partition coefficient (Wildman–Crippen LogP) is 3.08. The van der Waals surface area contributed by atoms with Gasteiger partial charge in [0.15, 0.2) is 0 Å². The smallest absolute Gasteiger partial charge is 0.335 e. The quantitative estimate of drug-likeness (QED) is 0.799. The first kappa shape index (κ1) is 12.1. The largest absolute Gasteiger partial charge is 0.478 e. The van der Waals surface area contributed by atoms with Gasteiger partial charge in [0.25, 0.3) is 0 Å². The molecular weight excluding hydrogens is 233 g/mol. The highest BCUT2D eigenvalue weighted by Gasteiger charge is 2.10. The van der Waals surface area contributed by atoms with Gasteiger partial charge in [0.05, 0.1) is 5.56 Å². The van der Waals surface area contributed by atoms with E-state index in [9.17, 15) is 9.18 Å². The average molecular weight is 245 g/mol. The van der Waals surface area contributed by atoms with Crippen LogP contribution >= 0.6 is 0 Å². The number of carboxylic acid groups (broad SMARTS) is 1. The first-order valence-electron chi connectivity index (χ1n) is 5.38. The predicted molar refractivity (Wildman–Crippen MR) is 67.9 cm³/mol. The van der Waals surface area contributed by atoms with E-state index in [4.69, 9.17) is 10.8 Å². The Labute approximate surface area is 104 Å². The number of hydrogen-bond donors (Lipinski definition) is 2. The lowest BCUT2D eigenvalue weighted by Gasteiger charge is -2.07. The Morgan fingerprint density at radius 1 is 1.22 bits per heavy atom. The Balaban J connectivity index is 2.60. The highest BCUT2D eigenvalue weighted by Crippen LogP contribution is 2.26. The number of aromatic carboxylic acids is 1. The van der Waals surface area contributed by atoms with Gasteiger partial charge >= 0.3 is 5.97 Å². The molecule has 0 amide bonds. The summed E-state index contributed by atoms with van der Waals surface area (Å²) in [5.41, 5.74) is 7.58. The lowest BCUT2D eigenvalue weighted by atomic mass is 10.0. The fraction of sp³-hybridized carbons (Fsp3) is 0.0714. The summed E-state index contributed by atoms with van der Waals surface area (Å²) in [5, 5.41) is 8.94. The van der Waals surface area contributed by atoms with Gasteiger partial charge in [0.2, 0.25) is 0 Å². The number of rotatable bonds is 2. The second-order valence-electron chi connectivity index (χ2n) is 4.13. The Morgan fingerprint density at radius 3 is 2.56 bits per heavy atom. The molecule has 0 atom stereocenters. The van der Waals surface area contributed by atoms with Gasteiger partial charge in [-0.3, -0.25) is 0 Å². The molecule has 0 saturated carbocycles. The van der Waals surface area contributed by atoms with Crippen LogP contribution in [0, 0.1) is 12.7 Å². The van der Waals surface area contributed by atoms with Crippen LogP contribution in [0.5, 0.6) is 0 Å². The minimum atomic E-state index is -1.09. The number of nitrogens with two attached hydrogens (primary N) is 1.